The summed E-state index contributed by atoms with van der Waals surface area (Å²) in [6.45, 7) is 4.03. The summed E-state index contributed by atoms with van der Waals surface area (Å²) in [7, 11) is 0. The predicted octanol–water partition coefficient (Wildman–Crippen LogP) is 3.72. The van der Waals surface area contributed by atoms with Gasteiger partial charge in [-0.1, -0.05) is 23.8 Å². The van der Waals surface area contributed by atoms with Gasteiger partial charge in [-0.05, 0) is 36.9 Å². The van der Waals surface area contributed by atoms with Crippen molar-refractivity contribution in [1.29, 1.82) is 5.26 Å². The highest BCUT2D eigenvalue weighted by Gasteiger charge is 2.11. The summed E-state index contributed by atoms with van der Waals surface area (Å²) >= 11 is 1.53. The Hall–Kier alpha value is -2.05. The normalized spacial score (nSPS) is 11.8. The molecule has 90 valence electrons. The number of allylic oxidation sites excluding steroid dienone is 1. The summed E-state index contributed by atoms with van der Waals surface area (Å²) in [6.07, 6.45) is 0. The zero-order chi connectivity index (χ0) is 13.1. The van der Waals surface area contributed by atoms with E-state index in [2.05, 4.69) is 6.07 Å². The van der Waals surface area contributed by atoms with Crippen LogP contribution in [0.2, 0.25) is 0 Å². The third-order valence-corrected chi connectivity index (χ3v) is 3.72. The van der Waals surface area contributed by atoms with Crippen LogP contribution in [0.5, 0.6) is 0 Å². The van der Waals surface area contributed by atoms with Gasteiger partial charge in [0.2, 0.25) is 0 Å². The van der Waals surface area contributed by atoms with Crippen molar-refractivity contribution < 1.29 is 0 Å². The molecule has 0 amide bonds. The molecule has 0 aliphatic carbocycles. The third kappa shape index (κ3) is 2.29. The maximum atomic E-state index is 9.31. The molecule has 0 radical (unpaired) electrons. The van der Waals surface area contributed by atoms with Crippen molar-refractivity contribution in [2.45, 2.75) is 13.8 Å². The van der Waals surface area contributed by atoms with Gasteiger partial charge in [0.15, 0.2) is 0 Å². The van der Waals surface area contributed by atoms with Crippen molar-refractivity contribution in [3.63, 3.8) is 0 Å². The van der Waals surface area contributed by atoms with Gasteiger partial charge in [0.1, 0.15) is 6.07 Å². The first kappa shape index (κ1) is 12.4. The molecule has 2 aromatic rings. The molecule has 0 aliphatic heterocycles. The van der Waals surface area contributed by atoms with Crippen molar-refractivity contribution in [2.24, 2.45) is 5.73 Å². The van der Waals surface area contributed by atoms with Crippen molar-refractivity contribution in [3.05, 3.63) is 57.3 Å². The molecule has 0 aliphatic rings. The second-order valence-corrected chi connectivity index (χ2v) is 5.14. The first-order chi connectivity index (χ1) is 8.63. The number of benzene rings is 1. The number of rotatable bonds is 2. The molecule has 1 aromatic heterocycles. The molecule has 0 spiro atoms. The maximum Gasteiger partial charge on any atom is 0.103 e. The Balaban J connectivity index is 2.62. The van der Waals surface area contributed by atoms with Gasteiger partial charge < -0.3 is 5.73 Å². The number of hydrogen-bond acceptors (Lipinski definition) is 3. The Labute approximate surface area is 111 Å². The number of aryl methyl sites for hydroxylation is 2. The summed E-state index contributed by atoms with van der Waals surface area (Å²) in [5, 5.41) is 11.3. The van der Waals surface area contributed by atoms with Crippen LogP contribution < -0.4 is 5.73 Å². The van der Waals surface area contributed by atoms with Crippen LogP contribution in [-0.2, 0) is 0 Å². The van der Waals surface area contributed by atoms with E-state index in [4.69, 9.17) is 5.73 Å². The largest absolute Gasteiger partial charge is 0.397 e. The number of nitrogens with zero attached hydrogens (tertiary/aromatic N) is 1. The van der Waals surface area contributed by atoms with Crippen LogP contribution in [0.25, 0.3) is 11.3 Å². The quantitative estimate of drug-likeness (QED) is 0.830. The van der Waals surface area contributed by atoms with E-state index >= 15 is 0 Å². The van der Waals surface area contributed by atoms with Gasteiger partial charge in [-0.3, -0.25) is 0 Å². The summed E-state index contributed by atoms with van der Waals surface area (Å²) < 4.78 is 0. The van der Waals surface area contributed by atoms with Crippen LogP contribution in [0.3, 0.4) is 0 Å². The molecule has 1 heterocycles. The van der Waals surface area contributed by atoms with Gasteiger partial charge in [-0.25, -0.2) is 0 Å². The Bertz CT molecular complexity index is 631. The molecule has 0 saturated carbocycles. The van der Waals surface area contributed by atoms with Crippen LogP contribution in [0.1, 0.15) is 21.6 Å². The topological polar surface area (TPSA) is 49.8 Å². The van der Waals surface area contributed by atoms with Crippen molar-refractivity contribution in [1.82, 2.24) is 0 Å². The van der Waals surface area contributed by atoms with Crippen LogP contribution in [0, 0.1) is 25.2 Å². The van der Waals surface area contributed by atoms with Crippen LogP contribution in [-0.4, -0.2) is 0 Å². The lowest BCUT2D eigenvalue weighted by Crippen LogP contribution is -2.02. The maximum absolute atomic E-state index is 9.31. The fourth-order valence-corrected chi connectivity index (χ4v) is 2.56. The highest BCUT2D eigenvalue weighted by Crippen LogP contribution is 2.27. The molecule has 0 fully saturated rings. The minimum Gasteiger partial charge on any atom is -0.397 e. The van der Waals surface area contributed by atoms with Gasteiger partial charge in [-0.15, -0.1) is 11.3 Å². The Morgan fingerprint density at radius 2 is 2.06 bits per heavy atom. The predicted molar refractivity (Wildman–Crippen MR) is 76.8 cm³/mol. The molecule has 3 heteroatoms. The molecule has 18 heavy (non-hydrogen) atoms. The van der Waals surface area contributed by atoms with Gasteiger partial charge in [-0.2, -0.15) is 5.26 Å². The second kappa shape index (κ2) is 5.07. The van der Waals surface area contributed by atoms with Gasteiger partial charge in [0, 0.05) is 10.4 Å². The molecule has 2 N–H and O–H groups in total. The minimum atomic E-state index is 0.554. The summed E-state index contributed by atoms with van der Waals surface area (Å²) in [5.74, 6) is 0. The molecule has 2 nitrogen and oxygen atoms in total. The van der Waals surface area contributed by atoms with Crippen LogP contribution in [0.15, 0.2) is 35.7 Å². The van der Waals surface area contributed by atoms with Crippen LogP contribution in [0.4, 0.5) is 0 Å². The Kier molecular flexibility index (Phi) is 3.50. The fourth-order valence-electron chi connectivity index (χ4n) is 1.83. The molecule has 0 atom stereocenters. The third-order valence-electron chi connectivity index (χ3n) is 2.83. The standard InChI is InChI=1S/C15H14N2S/c1-10-5-6-11(2)12(8-10)15(17)13(9-16)14-4-3-7-18-14/h3-8H,17H2,1-2H3/b15-13+. The molecule has 2 rings (SSSR count). The minimum absolute atomic E-state index is 0.554. The van der Waals surface area contributed by atoms with Crippen molar-refractivity contribution in [3.8, 4) is 6.07 Å². The van der Waals surface area contributed by atoms with E-state index in [0.717, 1.165) is 21.6 Å². The monoisotopic (exact) mass is 254 g/mol. The molecular formula is C15H14N2S. The van der Waals surface area contributed by atoms with E-state index < -0.39 is 0 Å². The summed E-state index contributed by atoms with van der Waals surface area (Å²) in [6, 6.07) is 12.2. The van der Waals surface area contributed by atoms with E-state index in [1.807, 2.05) is 49.6 Å². The highest BCUT2D eigenvalue weighted by molar-refractivity contribution is 7.11. The molecule has 1 aromatic carbocycles. The first-order valence-corrected chi connectivity index (χ1v) is 6.53. The van der Waals surface area contributed by atoms with E-state index in [0.29, 0.717) is 11.3 Å². The zero-order valence-electron chi connectivity index (χ0n) is 10.4. The zero-order valence-corrected chi connectivity index (χ0v) is 11.2. The number of nitriles is 1. The molecule has 0 unspecified atom stereocenters. The SMILES string of the molecule is Cc1ccc(C)c(/C(N)=C(/C#N)c2cccs2)c1. The van der Waals surface area contributed by atoms with Gasteiger partial charge >= 0.3 is 0 Å². The van der Waals surface area contributed by atoms with E-state index in [-0.39, 0.29) is 0 Å². The smallest absolute Gasteiger partial charge is 0.103 e. The van der Waals surface area contributed by atoms with Crippen LogP contribution >= 0.6 is 11.3 Å². The van der Waals surface area contributed by atoms with E-state index in [1.54, 1.807) is 0 Å². The Morgan fingerprint density at radius 3 is 2.67 bits per heavy atom. The number of nitrogens with two attached hydrogens (primary N) is 1. The average molecular weight is 254 g/mol. The van der Waals surface area contributed by atoms with E-state index in [9.17, 15) is 5.26 Å². The second-order valence-electron chi connectivity index (χ2n) is 4.20. The van der Waals surface area contributed by atoms with Gasteiger partial charge in [0.05, 0.1) is 11.3 Å². The Morgan fingerprint density at radius 1 is 1.28 bits per heavy atom. The molecule has 0 saturated heterocycles. The van der Waals surface area contributed by atoms with Crippen molar-refractivity contribution >= 4 is 22.6 Å². The molecule has 0 bridgehead atoms. The summed E-state index contributed by atoms with van der Waals surface area (Å²) in [4.78, 5) is 0.913. The lowest BCUT2D eigenvalue weighted by molar-refractivity contribution is 1.34. The van der Waals surface area contributed by atoms with E-state index in [1.165, 1.54) is 11.3 Å². The van der Waals surface area contributed by atoms with Crippen molar-refractivity contribution in [2.75, 3.05) is 0 Å². The highest BCUT2D eigenvalue weighted by atomic mass is 32.1. The van der Waals surface area contributed by atoms with Gasteiger partial charge in [0.25, 0.3) is 0 Å². The lowest BCUT2D eigenvalue weighted by atomic mass is 9.99. The lowest BCUT2D eigenvalue weighted by Gasteiger charge is -2.09. The number of thiophene rings is 1. The number of hydrogen-bond donors (Lipinski definition) is 1. The fraction of sp³-hybridized carbons (Fsp3) is 0.133. The molecular weight excluding hydrogens is 240 g/mol. The first-order valence-electron chi connectivity index (χ1n) is 5.65. The average Bonchev–Trinajstić information content (AvgIpc) is 2.87. The summed E-state index contributed by atoms with van der Waals surface area (Å²) in [5.41, 5.74) is 10.5.